The number of fused-ring (bicyclic) bond motifs is 1. The van der Waals surface area contributed by atoms with E-state index < -0.39 is 0 Å². The third-order valence-corrected chi connectivity index (χ3v) is 5.69. The average Bonchev–Trinajstić information content (AvgIpc) is 3.22. The molecule has 1 amide bonds. The van der Waals surface area contributed by atoms with E-state index in [0.717, 1.165) is 27.8 Å². The number of hydrazone groups is 1. The Bertz CT molecular complexity index is 1050. The fourth-order valence-electron chi connectivity index (χ4n) is 3.36. The van der Waals surface area contributed by atoms with E-state index in [0.29, 0.717) is 12.2 Å². The van der Waals surface area contributed by atoms with Gasteiger partial charge in [0, 0.05) is 15.6 Å². The zero-order valence-corrected chi connectivity index (χ0v) is 17.5. The van der Waals surface area contributed by atoms with E-state index in [1.54, 1.807) is 18.3 Å². The summed E-state index contributed by atoms with van der Waals surface area (Å²) >= 11 is 3.45. The van der Waals surface area contributed by atoms with Crippen LogP contribution in [0, 0.1) is 0 Å². The SMILES string of the molecule is O=C(NN=Cc1ccccc1Br)c1ccc(COc2ccc3c(c2)CCC3)cc1. The summed E-state index contributed by atoms with van der Waals surface area (Å²) < 4.78 is 6.84. The van der Waals surface area contributed by atoms with Gasteiger partial charge in [-0.1, -0.05) is 52.3 Å². The third-order valence-electron chi connectivity index (χ3n) is 4.97. The number of hydrogen-bond acceptors (Lipinski definition) is 3. The number of halogens is 1. The maximum absolute atomic E-state index is 12.3. The summed E-state index contributed by atoms with van der Waals surface area (Å²) in [5.74, 6) is 0.647. The Morgan fingerprint density at radius 1 is 1.03 bits per heavy atom. The van der Waals surface area contributed by atoms with Crippen molar-refractivity contribution in [3.8, 4) is 5.75 Å². The molecule has 0 unspecified atom stereocenters. The van der Waals surface area contributed by atoms with Crippen LogP contribution in [-0.4, -0.2) is 12.1 Å². The van der Waals surface area contributed by atoms with E-state index in [1.807, 2.05) is 42.5 Å². The normalized spacial score (nSPS) is 12.7. The Kier molecular flexibility index (Phi) is 6.06. The van der Waals surface area contributed by atoms with Gasteiger partial charge in [-0.15, -0.1) is 0 Å². The standard InChI is InChI=1S/C24H21BrN2O2/c25-23-7-2-1-4-21(23)15-26-27-24(28)19-10-8-17(9-11-19)16-29-22-13-12-18-5-3-6-20(18)14-22/h1-2,4,7-15H,3,5-6,16H2,(H,27,28). The smallest absolute Gasteiger partial charge is 0.271 e. The minimum Gasteiger partial charge on any atom is -0.489 e. The molecule has 0 fully saturated rings. The van der Waals surface area contributed by atoms with Crippen LogP contribution in [0.1, 0.15) is 39.0 Å². The Morgan fingerprint density at radius 3 is 2.66 bits per heavy atom. The molecule has 5 heteroatoms. The van der Waals surface area contributed by atoms with Crippen LogP contribution < -0.4 is 10.2 Å². The van der Waals surface area contributed by atoms with Gasteiger partial charge in [-0.05, 0) is 66.3 Å². The quantitative estimate of drug-likeness (QED) is 0.411. The fourth-order valence-corrected chi connectivity index (χ4v) is 3.75. The summed E-state index contributed by atoms with van der Waals surface area (Å²) in [5.41, 5.74) is 7.85. The molecule has 3 aromatic carbocycles. The predicted molar refractivity (Wildman–Crippen MR) is 118 cm³/mol. The summed E-state index contributed by atoms with van der Waals surface area (Å²) in [5, 5.41) is 4.03. The van der Waals surface area contributed by atoms with Gasteiger partial charge in [-0.25, -0.2) is 5.43 Å². The van der Waals surface area contributed by atoms with E-state index in [2.05, 4.69) is 38.6 Å². The van der Waals surface area contributed by atoms with Crippen LogP contribution in [0.2, 0.25) is 0 Å². The molecule has 4 rings (SSSR count). The van der Waals surface area contributed by atoms with Crippen LogP contribution in [0.15, 0.2) is 76.3 Å². The Labute approximate surface area is 178 Å². The van der Waals surface area contributed by atoms with Crippen LogP contribution >= 0.6 is 15.9 Å². The maximum Gasteiger partial charge on any atom is 0.271 e. The number of carbonyl (C=O) groups excluding carboxylic acids is 1. The molecule has 4 nitrogen and oxygen atoms in total. The van der Waals surface area contributed by atoms with Crippen molar-refractivity contribution < 1.29 is 9.53 Å². The van der Waals surface area contributed by atoms with Crippen LogP contribution in [0.5, 0.6) is 5.75 Å². The van der Waals surface area contributed by atoms with Gasteiger partial charge < -0.3 is 4.74 Å². The number of hydrogen-bond donors (Lipinski definition) is 1. The van der Waals surface area contributed by atoms with Gasteiger partial charge in [0.05, 0.1) is 6.21 Å². The van der Waals surface area contributed by atoms with Crippen molar-refractivity contribution >= 4 is 28.1 Å². The minimum absolute atomic E-state index is 0.251. The third kappa shape index (κ3) is 4.93. The molecule has 0 radical (unpaired) electrons. The highest BCUT2D eigenvalue weighted by atomic mass is 79.9. The van der Waals surface area contributed by atoms with Gasteiger partial charge in [-0.3, -0.25) is 4.79 Å². The topological polar surface area (TPSA) is 50.7 Å². The molecule has 1 aliphatic carbocycles. The van der Waals surface area contributed by atoms with Gasteiger partial charge in [0.15, 0.2) is 0 Å². The number of aryl methyl sites for hydroxylation is 2. The summed E-state index contributed by atoms with van der Waals surface area (Å²) in [4.78, 5) is 12.3. The van der Waals surface area contributed by atoms with E-state index >= 15 is 0 Å². The monoisotopic (exact) mass is 448 g/mol. The van der Waals surface area contributed by atoms with Gasteiger partial charge >= 0.3 is 0 Å². The van der Waals surface area contributed by atoms with Crippen LogP contribution in [0.3, 0.4) is 0 Å². The highest BCUT2D eigenvalue weighted by Crippen LogP contribution is 2.26. The first-order valence-corrected chi connectivity index (χ1v) is 10.4. The first-order chi connectivity index (χ1) is 14.2. The largest absolute Gasteiger partial charge is 0.489 e. The van der Waals surface area contributed by atoms with Gasteiger partial charge in [0.1, 0.15) is 12.4 Å². The Morgan fingerprint density at radius 2 is 1.83 bits per heavy atom. The van der Waals surface area contributed by atoms with E-state index in [1.165, 1.54) is 24.0 Å². The molecule has 3 aromatic rings. The lowest BCUT2D eigenvalue weighted by Gasteiger charge is -2.09. The number of benzene rings is 3. The number of carbonyl (C=O) groups is 1. The van der Waals surface area contributed by atoms with Crippen LogP contribution in [0.25, 0.3) is 0 Å². The predicted octanol–water partition coefficient (Wildman–Crippen LogP) is 5.28. The molecule has 0 aromatic heterocycles. The van der Waals surface area contributed by atoms with Crippen molar-refractivity contribution in [2.75, 3.05) is 0 Å². The van der Waals surface area contributed by atoms with Crippen molar-refractivity contribution in [2.45, 2.75) is 25.9 Å². The lowest BCUT2D eigenvalue weighted by atomic mass is 10.1. The second-order valence-electron chi connectivity index (χ2n) is 6.99. The zero-order valence-electron chi connectivity index (χ0n) is 15.9. The molecule has 1 aliphatic rings. The molecule has 0 saturated heterocycles. The minimum atomic E-state index is -0.251. The number of nitrogens with one attached hydrogen (secondary N) is 1. The molecule has 0 heterocycles. The molecule has 0 bridgehead atoms. The van der Waals surface area contributed by atoms with Crippen molar-refractivity contribution in [2.24, 2.45) is 5.10 Å². The molecule has 0 aliphatic heterocycles. The van der Waals surface area contributed by atoms with Crippen LogP contribution in [0.4, 0.5) is 0 Å². The molecular formula is C24H21BrN2O2. The van der Waals surface area contributed by atoms with Crippen LogP contribution in [-0.2, 0) is 19.4 Å². The second kappa shape index (κ2) is 9.05. The number of ether oxygens (including phenoxy) is 1. The molecular weight excluding hydrogens is 428 g/mol. The maximum atomic E-state index is 12.3. The summed E-state index contributed by atoms with van der Waals surface area (Å²) in [6.45, 7) is 0.473. The molecule has 0 saturated carbocycles. The zero-order chi connectivity index (χ0) is 20.1. The summed E-state index contributed by atoms with van der Waals surface area (Å²) in [7, 11) is 0. The average molecular weight is 449 g/mol. The van der Waals surface area contributed by atoms with E-state index in [4.69, 9.17) is 4.74 Å². The number of rotatable bonds is 6. The molecule has 0 atom stereocenters. The molecule has 1 N–H and O–H groups in total. The van der Waals surface area contributed by atoms with Gasteiger partial charge in [0.2, 0.25) is 0 Å². The lowest BCUT2D eigenvalue weighted by molar-refractivity contribution is 0.0955. The Hall–Kier alpha value is -2.92. The fraction of sp³-hybridized carbons (Fsp3) is 0.167. The first-order valence-electron chi connectivity index (χ1n) is 9.60. The highest BCUT2D eigenvalue weighted by Gasteiger charge is 2.11. The molecule has 146 valence electrons. The van der Waals surface area contributed by atoms with E-state index in [9.17, 15) is 4.79 Å². The van der Waals surface area contributed by atoms with E-state index in [-0.39, 0.29) is 5.91 Å². The summed E-state index contributed by atoms with van der Waals surface area (Å²) in [6.07, 6.45) is 5.15. The molecule has 29 heavy (non-hydrogen) atoms. The van der Waals surface area contributed by atoms with Gasteiger partial charge in [0.25, 0.3) is 5.91 Å². The lowest BCUT2D eigenvalue weighted by Crippen LogP contribution is -2.17. The first kappa shape index (κ1) is 19.4. The van der Waals surface area contributed by atoms with Crippen molar-refractivity contribution in [1.82, 2.24) is 5.43 Å². The second-order valence-corrected chi connectivity index (χ2v) is 7.84. The van der Waals surface area contributed by atoms with Crippen molar-refractivity contribution in [3.05, 3.63) is 99.0 Å². The number of nitrogens with zero attached hydrogens (tertiary/aromatic N) is 1. The summed E-state index contributed by atoms with van der Waals surface area (Å²) in [6, 6.07) is 21.4. The van der Waals surface area contributed by atoms with Crippen molar-refractivity contribution in [3.63, 3.8) is 0 Å². The van der Waals surface area contributed by atoms with Crippen molar-refractivity contribution in [1.29, 1.82) is 0 Å². The number of amides is 1. The molecule has 0 spiro atoms. The van der Waals surface area contributed by atoms with Gasteiger partial charge in [-0.2, -0.15) is 5.10 Å². The highest BCUT2D eigenvalue weighted by molar-refractivity contribution is 9.10. The Balaban J connectivity index is 1.31.